The molecule has 2 aliphatic rings. The smallest absolute Gasteiger partial charge is 0.297 e. The molecule has 9 nitrogen and oxygen atoms in total. The summed E-state index contributed by atoms with van der Waals surface area (Å²) in [6, 6.07) is 8.80. The number of carbonyl (C=O) groups excluding carboxylic acids is 1. The Labute approximate surface area is 266 Å². The number of methoxy groups -OCH3 is 1. The number of carbonyl (C=O) groups is 1. The van der Waals surface area contributed by atoms with Gasteiger partial charge in [-0.05, 0) is 75.2 Å². The number of nitrogens with one attached hydrogen (secondary N) is 2. The van der Waals surface area contributed by atoms with Gasteiger partial charge in [0.05, 0.1) is 24.2 Å². The maximum atomic E-state index is 14.7. The van der Waals surface area contributed by atoms with E-state index in [0.717, 1.165) is 55.4 Å². The second-order valence-electron chi connectivity index (χ2n) is 11.7. The van der Waals surface area contributed by atoms with Crippen LogP contribution in [0.2, 0.25) is 0 Å². The molecule has 0 unspecified atom stereocenters. The van der Waals surface area contributed by atoms with E-state index >= 15 is 0 Å². The van der Waals surface area contributed by atoms with E-state index in [1.165, 1.54) is 24.3 Å². The predicted molar refractivity (Wildman–Crippen MR) is 174 cm³/mol. The quantitative estimate of drug-likeness (QED) is 0.163. The molecule has 0 spiro atoms. The zero-order valence-corrected chi connectivity index (χ0v) is 26.1. The number of pyridine rings is 1. The number of aromatic amines is 1. The molecule has 0 atom stereocenters. The Morgan fingerprint density at radius 2 is 1.93 bits per heavy atom. The zero-order valence-electron chi connectivity index (χ0n) is 26.1. The number of fused-ring (bicyclic) bond motifs is 1. The lowest BCUT2D eigenvalue weighted by Gasteiger charge is -2.23. The third-order valence-electron chi connectivity index (χ3n) is 8.35. The lowest BCUT2D eigenvalue weighted by Crippen LogP contribution is -2.30. The number of hydrogen-bond donors (Lipinski definition) is 4. The predicted octanol–water partition coefficient (Wildman–Crippen LogP) is 5.83. The van der Waals surface area contributed by atoms with Crippen molar-refractivity contribution in [2.75, 3.05) is 38.4 Å². The second kappa shape index (κ2) is 14.3. The molecule has 0 saturated carbocycles. The Hall–Kier alpha value is -4.55. The third kappa shape index (κ3) is 7.45. The van der Waals surface area contributed by atoms with Crippen molar-refractivity contribution in [3.63, 3.8) is 0 Å². The minimum Gasteiger partial charge on any atom is -0.494 e. The van der Waals surface area contributed by atoms with E-state index in [9.17, 15) is 18.0 Å². The van der Waals surface area contributed by atoms with Crippen molar-refractivity contribution in [3.8, 4) is 0 Å². The van der Waals surface area contributed by atoms with Crippen LogP contribution in [-0.4, -0.2) is 60.1 Å². The normalized spacial score (nSPS) is 16.9. The summed E-state index contributed by atoms with van der Waals surface area (Å²) in [5.74, 6) is 2.52. The Morgan fingerprint density at radius 1 is 1.17 bits per heavy atom. The number of aryl methyl sites for hydroxylation is 1. The molecule has 1 aliphatic heterocycles. The molecule has 1 aliphatic carbocycles. The van der Waals surface area contributed by atoms with Crippen LogP contribution in [0, 0.1) is 6.92 Å². The van der Waals surface area contributed by atoms with Gasteiger partial charge in [0.25, 0.3) is 11.8 Å². The average molecular weight is 636 g/mol. The van der Waals surface area contributed by atoms with Crippen molar-refractivity contribution in [2.24, 2.45) is 11.6 Å². The first-order valence-electron chi connectivity index (χ1n) is 15.3. The molecule has 1 aromatic carbocycles. The highest BCUT2D eigenvalue weighted by Gasteiger charge is 2.35. The molecule has 0 bridgehead atoms. The number of hydrazine groups is 1. The number of anilines is 1. The number of amides is 1. The van der Waals surface area contributed by atoms with Crippen LogP contribution >= 0.6 is 0 Å². The van der Waals surface area contributed by atoms with Crippen molar-refractivity contribution >= 4 is 28.3 Å². The monoisotopic (exact) mass is 635 g/mol. The lowest BCUT2D eigenvalue weighted by molar-refractivity contribution is 0.0134. The van der Waals surface area contributed by atoms with Crippen LogP contribution in [0.15, 0.2) is 83.7 Å². The van der Waals surface area contributed by atoms with Gasteiger partial charge in [0.2, 0.25) is 0 Å². The largest absolute Gasteiger partial charge is 0.494 e. The molecule has 0 radical (unpaired) electrons. The molecular weight excluding hydrogens is 595 g/mol. The van der Waals surface area contributed by atoms with E-state index in [0.29, 0.717) is 29.1 Å². The van der Waals surface area contributed by atoms with Gasteiger partial charge in [-0.15, -0.1) is 0 Å². The fourth-order valence-electron chi connectivity index (χ4n) is 5.77. The summed E-state index contributed by atoms with van der Waals surface area (Å²) < 4.78 is 48.5. The van der Waals surface area contributed by atoms with E-state index in [4.69, 9.17) is 16.3 Å². The first kappa shape index (κ1) is 32.8. The minimum absolute atomic E-state index is 0.238. The Bertz CT molecular complexity index is 1700. The zero-order chi connectivity index (χ0) is 32.8. The van der Waals surface area contributed by atoms with Gasteiger partial charge < -0.3 is 20.8 Å². The van der Waals surface area contributed by atoms with Crippen LogP contribution in [-0.2, 0) is 4.74 Å². The van der Waals surface area contributed by atoms with Crippen LogP contribution in [0.5, 0.6) is 0 Å². The summed E-state index contributed by atoms with van der Waals surface area (Å²) in [5.41, 5.74) is 10.0. The molecule has 244 valence electrons. The molecule has 3 heterocycles. The fraction of sp³-hybridized carbons (Fsp3) is 0.353. The Morgan fingerprint density at radius 3 is 2.65 bits per heavy atom. The highest BCUT2D eigenvalue weighted by Crippen LogP contribution is 2.34. The highest BCUT2D eigenvalue weighted by atomic mass is 19.3. The minimum atomic E-state index is -3.64. The lowest BCUT2D eigenvalue weighted by atomic mass is 10.0. The van der Waals surface area contributed by atoms with Crippen LogP contribution in [0.4, 0.5) is 18.9 Å². The number of ether oxygens (including phenoxy) is 1. The highest BCUT2D eigenvalue weighted by molar-refractivity contribution is 5.97. The maximum absolute atomic E-state index is 14.7. The van der Waals surface area contributed by atoms with E-state index in [1.54, 1.807) is 36.8 Å². The Kier molecular flexibility index (Phi) is 10.2. The van der Waals surface area contributed by atoms with Crippen molar-refractivity contribution < 1.29 is 22.7 Å². The third-order valence-corrected chi connectivity index (χ3v) is 8.35. The molecule has 2 aromatic heterocycles. The number of rotatable bonds is 10. The average Bonchev–Trinajstić information content (AvgIpc) is 3.26. The number of alkyl halides is 3. The Balaban J connectivity index is 1.41. The number of likely N-dealkylation sites (tertiary alicyclic amines) is 1. The molecule has 3 aromatic rings. The van der Waals surface area contributed by atoms with Crippen LogP contribution < -0.4 is 21.9 Å². The molecule has 6 N–H and O–H groups in total. The van der Waals surface area contributed by atoms with Crippen LogP contribution in [0.25, 0.3) is 16.7 Å². The van der Waals surface area contributed by atoms with E-state index in [2.05, 4.69) is 20.2 Å². The van der Waals surface area contributed by atoms with Gasteiger partial charge in [-0.3, -0.25) is 14.7 Å². The summed E-state index contributed by atoms with van der Waals surface area (Å²) in [6.07, 6.45) is 11.7. The van der Waals surface area contributed by atoms with Crippen molar-refractivity contribution in [2.45, 2.75) is 45.0 Å². The summed E-state index contributed by atoms with van der Waals surface area (Å²) in [6.45, 7) is 1.99. The first-order valence-corrected chi connectivity index (χ1v) is 15.3. The molecule has 1 saturated heterocycles. The summed E-state index contributed by atoms with van der Waals surface area (Å²) >= 11 is 0. The number of halogens is 3. The molecule has 1 amide bonds. The number of benzene rings is 1. The summed E-state index contributed by atoms with van der Waals surface area (Å²) in [5, 5.41) is 5.08. The van der Waals surface area contributed by atoms with Crippen molar-refractivity contribution in [1.82, 2.24) is 20.2 Å². The van der Waals surface area contributed by atoms with Gasteiger partial charge in [-0.25, -0.2) is 15.2 Å². The van der Waals surface area contributed by atoms with E-state index in [1.807, 2.05) is 19.1 Å². The van der Waals surface area contributed by atoms with Crippen LogP contribution in [0.3, 0.4) is 0 Å². The number of hydrogen-bond acceptors (Lipinski definition) is 7. The van der Waals surface area contributed by atoms with Gasteiger partial charge in [0.15, 0.2) is 6.67 Å². The number of aromatic nitrogens is 2. The van der Waals surface area contributed by atoms with E-state index in [-0.39, 0.29) is 29.0 Å². The number of H-pyrrole nitrogens is 1. The van der Waals surface area contributed by atoms with Crippen LogP contribution in [0.1, 0.15) is 53.6 Å². The number of nitrogens with zero attached hydrogens (tertiary/aromatic N) is 3. The summed E-state index contributed by atoms with van der Waals surface area (Å²) in [4.78, 5) is 23.2. The standard InChI is InChI=1S/C34H40F3N7O2/c1-22-7-8-24(17-30(22)44(39)20-28(38)25-15-23-11-12-40-32(23)41-18-25)33(45)42-29-10-9-27(34(36,37)21-35)16-26(31(29)46-2)19-43-13-5-3-4-6-14-43/h7-8,10-12,15-18,20H,3-6,9,13-14,19,21,38-39H2,1-2H3,(H,40,41)(H,42,45)/b28-20-. The SMILES string of the molecule is COC1=C(CN2CCCCCC2)C=C(C(F)(F)CF)CC=C1NC(=O)c1ccc(C)c(N(N)/C=C(\N)c2cnc3[nH]ccc3c2)c1. The van der Waals surface area contributed by atoms with Gasteiger partial charge in [-0.1, -0.05) is 25.0 Å². The van der Waals surface area contributed by atoms with Gasteiger partial charge in [-0.2, -0.15) is 8.78 Å². The number of allylic oxidation sites excluding steroid dienone is 2. The number of nitrogens with two attached hydrogens (primary N) is 2. The molecule has 46 heavy (non-hydrogen) atoms. The molecule has 1 fully saturated rings. The van der Waals surface area contributed by atoms with Gasteiger partial charge in [0.1, 0.15) is 11.4 Å². The molecule has 12 heteroatoms. The van der Waals surface area contributed by atoms with Gasteiger partial charge >= 0.3 is 0 Å². The molecule has 5 rings (SSSR count). The second-order valence-corrected chi connectivity index (χ2v) is 11.7. The van der Waals surface area contributed by atoms with Crippen molar-refractivity contribution in [1.29, 1.82) is 0 Å². The molecular formula is C34H40F3N7O2. The topological polar surface area (TPSA) is 126 Å². The van der Waals surface area contributed by atoms with Crippen molar-refractivity contribution in [3.05, 3.63) is 100 Å². The fourth-order valence-corrected chi connectivity index (χ4v) is 5.77. The van der Waals surface area contributed by atoms with E-state index < -0.39 is 18.5 Å². The first-order chi connectivity index (χ1) is 22.1. The van der Waals surface area contributed by atoms with Gasteiger partial charge in [0, 0.05) is 52.8 Å². The maximum Gasteiger partial charge on any atom is 0.297 e. The summed E-state index contributed by atoms with van der Waals surface area (Å²) in [7, 11) is 1.43.